The number of allylic oxidation sites excluding steroid dienone is 1. The highest BCUT2D eigenvalue weighted by atomic mass is 16.6. The van der Waals surface area contributed by atoms with E-state index in [1.54, 1.807) is 0 Å². The van der Waals surface area contributed by atoms with Crippen molar-refractivity contribution in [2.24, 2.45) is 0 Å². The average molecular weight is 155 g/mol. The van der Waals surface area contributed by atoms with Crippen LogP contribution in [0.3, 0.4) is 0 Å². The van der Waals surface area contributed by atoms with E-state index in [2.05, 4.69) is 10.1 Å². The van der Waals surface area contributed by atoms with Crippen molar-refractivity contribution >= 4 is 6.09 Å². The Morgan fingerprint density at radius 2 is 2.64 bits per heavy atom. The topological polar surface area (TPSA) is 50.9 Å². The van der Waals surface area contributed by atoms with Crippen molar-refractivity contribution in [1.29, 1.82) is 0 Å². The predicted molar refractivity (Wildman–Crippen MR) is 36.7 cm³/mol. The van der Waals surface area contributed by atoms with Gasteiger partial charge in [0.15, 0.2) is 11.9 Å². The predicted octanol–water partition coefficient (Wildman–Crippen LogP) is 0.747. The van der Waals surface area contributed by atoms with Crippen molar-refractivity contribution in [1.82, 2.24) is 5.32 Å². The molecule has 1 heterocycles. The molecule has 0 aromatic rings. The quantitative estimate of drug-likeness (QED) is 0.568. The van der Waals surface area contributed by atoms with Crippen LogP contribution in [-0.4, -0.2) is 19.3 Å². The maximum atomic E-state index is 10.7. The Labute approximate surface area is 64.2 Å². The molecule has 4 heteroatoms. The molecule has 0 spiro atoms. The van der Waals surface area contributed by atoms with Crippen molar-refractivity contribution in [2.75, 3.05) is 7.11 Å². The minimum absolute atomic E-state index is 0.294. The zero-order valence-corrected chi connectivity index (χ0v) is 6.22. The molecule has 2 rings (SSSR count). The summed E-state index contributed by atoms with van der Waals surface area (Å²) in [4.78, 5) is 10.7. The second-order valence-corrected chi connectivity index (χ2v) is 2.60. The molecule has 1 atom stereocenters. The number of carbonyl (C=O) groups is 1. The van der Waals surface area contributed by atoms with Crippen molar-refractivity contribution in [3.8, 4) is 0 Å². The maximum Gasteiger partial charge on any atom is 0.411 e. The Morgan fingerprint density at radius 3 is 3.09 bits per heavy atom. The van der Waals surface area contributed by atoms with Gasteiger partial charge in [0.1, 0.15) is 0 Å². The lowest BCUT2D eigenvalue weighted by atomic mass is 10.3. The summed E-state index contributed by atoms with van der Waals surface area (Å²) in [6.07, 6.45) is 1.77. The highest BCUT2D eigenvalue weighted by molar-refractivity contribution is 5.69. The minimum Gasteiger partial charge on any atom is -0.481 e. The van der Waals surface area contributed by atoms with Gasteiger partial charge >= 0.3 is 6.09 Å². The van der Waals surface area contributed by atoms with Crippen LogP contribution in [0.5, 0.6) is 0 Å². The number of alkyl carbamates (subject to hydrolysis) is 1. The summed E-state index contributed by atoms with van der Waals surface area (Å²) in [5.41, 5.74) is 0.891. The first kappa shape index (κ1) is 6.52. The van der Waals surface area contributed by atoms with E-state index in [4.69, 9.17) is 4.74 Å². The molecule has 1 amide bonds. The summed E-state index contributed by atoms with van der Waals surface area (Å²) in [5, 5.41) is 2.61. The third-order valence-corrected chi connectivity index (χ3v) is 1.90. The van der Waals surface area contributed by atoms with Gasteiger partial charge in [-0.05, 0) is 12.8 Å². The third-order valence-electron chi connectivity index (χ3n) is 1.90. The van der Waals surface area contributed by atoms with E-state index in [0.717, 1.165) is 24.3 Å². The van der Waals surface area contributed by atoms with E-state index in [0.29, 0.717) is 6.10 Å². The van der Waals surface area contributed by atoms with Gasteiger partial charge in [-0.1, -0.05) is 0 Å². The van der Waals surface area contributed by atoms with Crippen molar-refractivity contribution in [2.45, 2.75) is 18.9 Å². The smallest absolute Gasteiger partial charge is 0.411 e. The summed E-state index contributed by atoms with van der Waals surface area (Å²) in [6, 6.07) is 0. The van der Waals surface area contributed by atoms with E-state index < -0.39 is 6.09 Å². The Balaban J connectivity index is 1.97. The summed E-state index contributed by atoms with van der Waals surface area (Å²) in [6.45, 7) is 0. The summed E-state index contributed by atoms with van der Waals surface area (Å²) < 4.78 is 9.56. The molecule has 1 aliphatic carbocycles. The Kier molecular flexibility index (Phi) is 1.27. The molecule has 4 nitrogen and oxygen atoms in total. The largest absolute Gasteiger partial charge is 0.481 e. The number of ether oxygens (including phenoxy) is 2. The van der Waals surface area contributed by atoms with E-state index in [1.807, 2.05) is 0 Å². The van der Waals surface area contributed by atoms with Crippen molar-refractivity contribution in [3.05, 3.63) is 11.5 Å². The fraction of sp³-hybridized carbons (Fsp3) is 0.571. The molecule has 0 saturated carbocycles. The van der Waals surface area contributed by atoms with E-state index in [-0.39, 0.29) is 0 Å². The molecule has 1 fully saturated rings. The summed E-state index contributed by atoms with van der Waals surface area (Å²) >= 11 is 0. The first-order valence-corrected chi connectivity index (χ1v) is 3.56. The lowest BCUT2D eigenvalue weighted by Crippen LogP contribution is -2.21. The highest BCUT2D eigenvalue weighted by Gasteiger charge is 2.42. The van der Waals surface area contributed by atoms with Crippen molar-refractivity contribution in [3.63, 3.8) is 0 Å². The normalized spacial score (nSPS) is 25.7. The fourth-order valence-corrected chi connectivity index (χ4v) is 1.27. The van der Waals surface area contributed by atoms with Crippen LogP contribution in [-0.2, 0) is 9.47 Å². The van der Waals surface area contributed by atoms with E-state index in [9.17, 15) is 4.79 Å². The van der Waals surface area contributed by atoms with Crippen LogP contribution in [0.2, 0.25) is 0 Å². The molecule has 0 radical (unpaired) electrons. The molecular weight excluding hydrogens is 146 g/mol. The number of epoxide rings is 1. The first-order valence-electron chi connectivity index (χ1n) is 3.56. The van der Waals surface area contributed by atoms with Crippen LogP contribution in [0.4, 0.5) is 4.79 Å². The monoisotopic (exact) mass is 155 g/mol. The van der Waals surface area contributed by atoms with E-state index >= 15 is 0 Å². The molecule has 2 aliphatic rings. The molecular formula is C7H9NO3. The zero-order chi connectivity index (χ0) is 7.84. The van der Waals surface area contributed by atoms with E-state index in [1.165, 1.54) is 7.11 Å². The Morgan fingerprint density at radius 1 is 1.82 bits per heavy atom. The van der Waals surface area contributed by atoms with Crippen LogP contribution in [0, 0.1) is 0 Å². The van der Waals surface area contributed by atoms with Gasteiger partial charge in [0.05, 0.1) is 12.8 Å². The highest BCUT2D eigenvalue weighted by Crippen LogP contribution is 2.41. The van der Waals surface area contributed by atoms with Gasteiger partial charge in [0, 0.05) is 0 Å². The lowest BCUT2D eigenvalue weighted by Gasteiger charge is -2.02. The van der Waals surface area contributed by atoms with Crippen LogP contribution in [0.25, 0.3) is 0 Å². The summed E-state index contributed by atoms with van der Waals surface area (Å²) in [5.74, 6) is 0.940. The number of nitrogens with one attached hydrogen (secondary N) is 1. The zero-order valence-electron chi connectivity index (χ0n) is 6.22. The van der Waals surface area contributed by atoms with Gasteiger partial charge in [-0.2, -0.15) is 0 Å². The SMILES string of the molecule is COC(=O)NC1=C2OC2CC1. The number of methoxy groups -OCH3 is 1. The van der Waals surface area contributed by atoms with Gasteiger partial charge in [-0.3, -0.25) is 5.32 Å². The Hall–Kier alpha value is -1.19. The van der Waals surface area contributed by atoms with Crippen LogP contribution in [0.1, 0.15) is 12.8 Å². The number of amides is 1. The van der Waals surface area contributed by atoms with Gasteiger partial charge in [-0.25, -0.2) is 4.79 Å². The third kappa shape index (κ3) is 1.04. The minimum atomic E-state index is -0.413. The molecule has 1 unspecified atom stereocenters. The fourth-order valence-electron chi connectivity index (χ4n) is 1.27. The number of hydrogen-bond donors (Lipinski definition) is 1. The summed E-state index contributed by atoms with van der Waals surface area (Å²) in [7, 11) is 1.35. The molecule has 60 valence electrons. The first-order chi connectivity index (χ1) is 5.31. The molecule has 1 N–H and O–H groups in total. The van der Waals surface area contributed by atoms with Gasteiger partial charge in [0.25, 0.3) is 0 Å². The molecule has 1 saturated heterocycles. The molecule has 0 aromatic carbocycles. The lowest BCUT2D eigenvalue weighted by molar-refractivity contribution is 0.173. The number of rotatable bonds is 1. The molecule has 1 aliphatic heterocycles. The average Bonchev–Trinajstić information content (AvgIpc) is 2.70. The van der Waals surface area contributed by atoms with Crippen LogP contribution in [0.15, 0.2) is 11.5 Å². The number of hydrogen-bond acceptors (Lipinski definition) is 3. The van der Waals surface area contributed by atoms with Crippen molar-refractivity contribution < 1.29 is 14.3 Å². The van der Waals surface area contributed by atoms with Crippen LogP contribution < -0.4 is 5.32 Å². The number of fused-ring (bicyclic) bond motifs is 1. The molecule has 0 bridgehead atoms. The maximum absolute atomic E-state index is 10.7. The molecule has 0 aromatic heterocycles. The van der Waals surface area contributed by atoms with Gasteiger partial charge in [0.2, 0.25) is 0 Å². The second-order valence-electron chi connectivity index (χ2n) is 2.60. The van der Waals surface area contributed by atoms with Gasteiger partial charge in [-0.15, -0.1) is 0 Å². The second kappa shape index (κ2) is 2.15. The Bertz CT molecular complexity index is 234. The number of carbonyl (C=O) groups excluding carboxylic acids is 1. The standard InChI is InChI=1S/C7H9NO3/c1-10-7(9)8-4-2-3-5-6(4)11-5/h5H,2-3H2,1H3,(H,8,9). The van der Waals surface area contributed by atoms with Gasteiger partial charge < -0.3 is 9.47 Å². The molecule has 11 heavy (non-hydrogen) atoms. The van der Waals surface area contributed by atoms with Crippen LogP contribution >= 0.6 is 0 Å².